The maximum Gasteiger partial charge on any atom is 0.407 e. The average Bonchev–Trinajstić information content (AvgIpc) is 4.00. The van der Waals surface area contributed by atoms with Gasteiger partial charge in [-0.1, -0.05) is 109 Å². The van der Waals surface area contributed by atoms with Crippen LogP contribution in [0.25, 0.3) is 33.6 Å². The van der Waals surface area contributed by atoms with E-state index in [4.69, 9.17) is 19.4 Å². The second kappa shape index (κ2) is 19.0. The molecular weight excluding hydrogens is 719 g/mol. The summed E-state index contributed by atoms with van der Waals surface area (Å²) in [5, 5.41) is 2.73. The Kier molecular flexibility index (Phi) is 13.9. The van der Waals surface area contributed by atoms with Crippen LogP contribution in [0.15, 0.2) is 54.7 Å². The maximum absolute atomic E-state index is 13.9. The first-order valence-corrected chi connectivity index (χ1v) is 20.8. The summed E-state index contributed by atoms with van der Waals surface area (Å²) >= 11 is 0. The van der Waals surface area contributed by atoms with Crippen LogP contribution in [-0.4, -0.2) is 81.0 Å². The second-order valence-electron chi connectivity index (χ2n) is 16.4. The van der Waals surface area contributed by atoms with Crippen LogP contribution in [0.1, 0.15) is 115 Å². The number of carbonyl (C=O) groups excluding carboxylic acids is 3. The van der Waals surface area contributed by atoms with E-state index in [0.717, 1.165) is 103 Å². The third kappa shape index (κ3) is 9.77. The SMILES string of the molecule is COC(=O)N[C@H](C(=O)N(C)C1CCCCCCCOCc2[nH]c1nc2-c1ccc(-c2ccc(-c3c[nH]c([C@@H]4CCCN4C(=O)[C@@H](C)C(C)C)n3)cc2)cc1)C(C)C. The molecule has 2 bridgehead atoms. The lowest BCUT2D eigenvalue weighted by Gasteiger charge is -2.32. The van der Waals surface area contributed by atoms with E-state index in [1.807, 2.05) is 31.9 Å². The minimum Gasteiger partial charge on any atom is -0.453 e. The van der Waals surface area contributed by atoms with Gasteiger partial charge in [0, 0.05) is 43.4 Å². The number of alkyl carbamates (subject to hydrolysis) is 1. The van der Waals surface area contributed by atoms with Gasteiger partial charge in [-0.15, -0.1) is 0 Å². The zero-order valence-electron chi connectivity index (χ0n) is 34.8. The van der Waals surface area contributed by atoms with Crippen molar-refractivity contribution in [3.05, 3.63) is 72.1 Å². The molecule has 1 unspecified atom stereocenters. The number of fused-ring (bicyclic) bond motifs is 2. The monoisotopic (exact) mass is 779 g/mol. The smallest absolute Gasteiger partial charge is 0.407 e. The molecule has 2 aliphatic rings. The topological polar surface area (TPSA) is 146 Å². The van der Waals surface area contributed by atoms with Crippen molar-refractivity contribution in [2.75, 3.05) is 27.3 Å². The molecule has 0 saturated carbocycles. The summed E-state index contributed by atoms with van der Waals surface area (Å²) in [5.41, 5.74) is 6.66. The van der Waals surface area contributed by atoms with E-state index in [1.54, 1.807) is 11.9 Å². The molecule has 2 aliphatic heterocycles. The van der Waals surface area contributed by atoms with Crippen LogP contribution in [0.4, 0.5) is 4.79 Å². The number of hydrogen-bond donors (Lipinski definition) is 3. The van der Waals surface area contributed by atoms with Gasteiger partial charge >= 0.3 is 6.09 Å². The average molecular weight is 780 g/mol. The van der Waals surface area contributed by atoms with Crippen molar-refractivity contribution in [3.8, 4) is 33.6 Å². The molecule has 0 aliphatic carbocycles. The van der Waals surface area contributed by atoms with Crippen molar-refractivity contribution >= 4 is 17.9 Å². The zero-order valence-corrected chi connectivity index (χ0v) is 34.8. The van der Waals surface area contributed by atoms with E-state index < -0.39 is 12.1 Å². The molecule has 12 heteroatoms. The number of methoxy groups -OCH3 is 1. The summed E-state index contributed by atoms with van der Waals surface area (Å²) < 4.78 is 11.0. The summed E-state index contributed by atoms with van der Waals surface area (Å²) in [7, 11) is 3.10. The normalized spacial score (nSPS) is 19.0. The Hall–Kier alpha value is -4.97. The molecule has 0 spiro atoms. The number of nitrogens with zero attached hydrogens (tertiary/aromatic N) is 4. The molecule has 57 heavy (non-hydrogen) atoms. The van der Waals surface area contributed by atoms with E-state index in [-0.39, 0.29) is 35.7 Å². The Labute approximate surface area is 337 Å². The molecule has 3 N–H and O–H groups in total. The number of aromatic nitrogens is 4. The van der Waals surface area contributed by atoms with Gasteiger partial charge in [0.25, 0.3) is 0 Å². The van der Waals surface area contributed by atoms with Crippen molar-refractivity contribution < 1.29 is 23.9 Å². The largest absolute Gasteiger partial charge is 0.453 e. The Morgan fingerprint density at radius 1 is 0.825 bits per heavy atom. The van der Waals surface area contributed by atoms with Gasteiger partial charge in [0.2, 0.25) is 11.8 Å². The Balaban J connectivity index is 1.21. The lowest BCUT2D eigenvalue weighted by molar-refractivity contribution is -0.137. The number of likely N-dealkylation sites (N-methyl/N-ethyl adjacent to an activating group) is 1. The highest BCUT2D eigenvalue weighted by Gasteiger charge is 2.36. The molecule has 2 aromatic carbocycles. The highest BCUT2D eigenvalue weighted by atomic mass is 16.5. The number of amides is 3. The molecule has 4 aromatic rings. The van der Waals surface area contributed by atoms with Crippen LogP contribution < -0.4 is 5.32 Å². The number of imidazole rings is 2. The maximum atomic E-state index is 13.9. The van der Waals surface area contributed by atoms with Gasteiger partial charge < -0.3 is 34.6 Å². The number of rotatable bonds is 10. The predicted molar refractivity (Wildman–Crippen MR) is 222 cm³/mol. The highest BCUT2D eigenvalue weighted by molar-refractivity contribution is 5.86. The summed E-state index contributed by atoms with van der Waals surface area (Å²) in [6, 6.07) is 15.7. The number of benzene rings is 2. The highest BCUT2D eigenvalue weighted by Crippen LogP contribution is 2.35. The van der Waals surface area contributed by atoms with E-state index >= 15 is 0 Å². The van der Waals surface area contributed by atoms with Crippen LogP contribution in [-0.2, 0) is 25.7 Å². The Morgan fingerprint density at radius 3 is 2.14 bits per heavy atom. The van der Waals surface area contributed by atoms with E-state index in [2.05, 4.69) is 77.7 Å². The van der Waals surface area contributed by atoms with Gasteiger partial charge in [-0.2, -0.15) is 0 Å². The first-order chi connectivity index (χ1) is 27.5. The lowest BCUT2D eigenvalue weighted by Crippen LogP contribution is -2.51. The lowest BCUT2D eigenvalue weighted by atomic mass is 9.96. The molecule has 4 atom stereocenters. The number of carbonyl (C=O) groups is 3. The van der Waals surface area contributed by atoms with E-state index in [9.17, 15) is 14.4 Å². The fourth-order valence-electron chi connectivity index (χ4n) is 7.93. The van der Waals surface area contributed by atoms with E-state index in [1.165, 1.54) is 7.11 Å². The van der Waals surface area contributed by atoms with Crippen molar-refractivity contribution in [2.45, 2.75) is 111 Å². The van der Waals surface area contributed by atoms with Gasteiger partial charge in [-0.05, 0) is 48.6 Å². The third-order valence-electron chi connectivity index (χ3n) is 11.8. The van der Waals surface area contributed by atoms with Crippen molar-refractivity contribution in [3.63, 3.8) is 0 Å². The molecule has 1 fully saturated rings. The summed E-state index contributed by atoms with van der Waals surface area (Å²) in [6.45, 7) is 11.9. The molecule has 1 saturated heterocycles. The van der Waals surface area contributed by atoms with Crippen LogP contribution >= 0.6 is 0 Å². The number of ether oxygens (including phenoxy) is 2. The molecule has 306 valence electrons. The minimum absolute atomic E-state index is 0.0172. The van der Waals surface area contributed by atoms with Crippen LogP contribution in [0, 0.1) is 17.8 Å². The van der Waals surface area contributed by atoms with Crippen molar-refractivity contribution in [1.29, 1.82) is 0 Å². The number of likely N-dealkylation sites (tertiary alicyclic amines) is 1. The van der Waals surface area contributed by atoms with Crippen LogP contribution in [0.5, 0.6) is 0 Å². The van der Waals surface area contributed by atoms with Gasteiger partial charge in [0.1, 0.15) is 17.7 Å². The molecule has 6 rings (SSSR count). The first-order valence-electron chi connectivity index (χ1n) is 20.8. The van der Waals surface area contributed by atoms with Crippen molar-refractivity contribution in [2.24, 2.45) is 17.8 Å². The molecule has 4 heterocycles. The quantitative estimate of drug-likeness (QED) is 0.146. The standard InChI is InChI=1S/C45H61N7O5/c1-28(2)30(5)43(53)52-24-13-15-38(52)41-46-26-35(47-41)33-20-16-31(17-21-33)32-18-22-34(23-19-32)40-36-27-57-25-12-10-8-9-11-14-37(42(48-36)49-40)51(6)44(54)39(29(3)4)50-45(55)56-7/h16-23,26,28-30,37-39H,8-15,24-25,27H2,1-7H3,(H,46,47)(H,48,49)(H,50,55)/t30-,37?,38-,39-/m0/s1. The van der Waals surface area contributed by atoms with Gasteiger partial charge in [0.15, 0.2) is 0 Å². The van der Waals surface area contributed by atoms with E-state index in [0.29, 0.717) is 25.0 Å². The summed E-state index contributed by atoms with van der Waals surface area (Å²) in [4.78, 5) is 60.1. The molecule has 0 radical (unpaired) electrons. The summed E-state index contributed by atoms with van der Waals surface area (Å²) in [5.74, 6) is 1.72. The molecular formula is C45H61N7O5. The molecule has 12 nitrogen and oxygen atoms in total. The number of hydrogen-bond acceptors (Lipinski definition) is 7. The van der Waals surface area contributed by atoms with Crippen LogP contribution in [0.2, 0.25) is 0 Å². The Morgan fingerprint density at radius 2 is 1.47 bits per heavy atom. The number of H-pyrrole nitrogens is 2. The van der Waals surface area contributed by atoms with Gasteiger partial charge in [0.05, 0.1) is 42.9 Å². The minimum atomic E-state index is -0.735. The third-order valence-corrected chi connectivity index (χ3v) is 11.8. The fourth-order valence-corrected chi connectivity index (χ4v) is 7.93. The second-order valence-corrected chi connectivity index (χ2v) is 16.4. The molecule has 3 amide bonds. The van der Waals surface area contributed by atoms with Gasteiger partial charge in [-0.3, -0.25) is 9.59 Å². The Bertz CT molecular complexity index is 1950. The van der Waals surface area contributed by atoms with Crippen LogP contribution in [0.3, 0.4) is 0 Å². The number of nitrogens with one attached hydrogen (secondary N) is 3. The zero-order chi connectivity index (χ0) is 40.6. The van der Waals surface area contributed by atoms with Gasteiger partial charge in [-0.25, -0.2) is 14.8 Å². The first kappa shape index (κ1) is 41.7. The molecule has 2 aromatic heterocycles. The number of aromatic amines is 2. The summed E-state index contributed by atoms with van der Waals surface area (Å²) in [6.07, 6.45) is 9.16. The fraction of sp³-hybridized carbons (Fsp3) is 0.533. The predicted octanol–water partition coefficient (Wildman–Crippen LogP) is 8.84. The van der Waals surface area contributed by atoms with Crippen molar-refractivity contribution in [1.82, 2.24) is 35.1 Å².